The van der Waals surface area contributed by atoms with Gasteiger partial charge in [0.1, 0.15) is 11.8 Å². The molecule has 0 aromatic heterocycles. The Morgan fingerprint density at radius 1 is 1.13 bits per heavy atom. The number of esters is 1. The van der Waals surface area contributed by atoms with Gasteiger partial charge in [0.05, 0.1) is 0 Å². The third-order valence-corrected chi connectivity index (χ3v) is 4.05. The van der Waals surface area contributed by atoms with E-state index in [9.17, 15) is 19.5 Å². The smallest absolute Gasteiger partial charge is 0.326 e. The van der Waals surface area contributed by atoms with Crippen molar-refractivity contribution in [1.29, 1.82) is 0 Å². The van der Waals surface area contributed by atoms with Gasteiger partial charge >= 0.3 is 11.9 Å². The van der Waals surface area contributed by atoms with Gasteiger partial charge in [-0.25, -0.2) is 4.79 Å². The van der Waals surface area contributed by atoms with Crippen molar-refractivity contribution >= 4 is 17.8 Å². The third kappa shape index (κ3) is 4.81. The number of carboxylic acid groups (broad SMARTS) is 1. The fourth-order valence-electron chi connectivity index (χ4n) is 2.91. The number of benzene rings is 1. The van der Waals surface area contributed by atoms with Crippen LogP contribution >= 0.6 is 0 Å². The highest BCUT2D eigenvalue weighted by atomic mass is 16.5. The molecule has 1 atom stereocenters. The predicted molar refractivity (Wildman–Crippen MR) is 83.2 cm³/mol. The van der Waals surface area contributed by atoms with Crippen LogP contribution in [0.25, 0.3) is 0 Å². The molecule has 1 fully saturated rings. The summed E-state index contributed by atoms with van der Waals surface area (Å²) < 4.78 is 4.90. The molecule has 1 aliphatic rings. The summed E-state index contributed by atoms with van der Waals surface area (Å²) in [6.45, 7) is 1.29. The molecule has 6 nitrogen and oxygen atoms in total. The largest absolute Gasteiger partial charge is 0.480 e. The molecule has 0 unspecified atom stereocenters. The Morgan fingerprint density at radius 2 is 1.74 bits per heavy atom. The van der Waals surface area contributed by atoms with Crippen molar-refractivity contribution in [1.82, 2.24) is 5.32 Å². The zero-order valence-corrected chi connectivity index (χ0v) is 13.1. The zero-order chi connectivity index (χ0) is 16.8. The highest BCUT2D eigenvalue weighted by molar-refractivity contribution is 5.96. The summed E-state index contributed by atoms with van der Waals surface area (Å²) in [7, 11) is 0. The van der Waals surface area contributed by atoms with E-state index >= 15 is 0 Å². The summed E-state index contributed by atoms with van der Waals surface area (Å²) in [6, 6.07) is 5.16. The summed E-state index contributed by atoms with van der Waals surface area (Å²) in [6.07, 6.45) is 4.77. The molecule has 0 saturated heterocycles. The maximum Gasteiger partial charge on any atom is 0.326 e. The fraction of sp³-hybridized carbons (Fsp3) is 0.471. The van der Waals surface area contributed by atoms with Gasteiger partial charge in [-0.3, -0.25) is 9.59 Å². The van der Waals surface area contributed by atoms with Crippen LogP contribution in [0.2, 0.25) is 0 Å². The minimum atomic E-state index is -0.998. The molecular weight excluding hydrogens is 298 g/mol. The van der Waals surface area contributed by atoms with Crippen molar-refractivity contribution in [3.8, 4) is 5.75 Å². The van der Waals surface area contributed by atoms with E-state index in [1.807, 2.05) is 0 Å². The van der Waals surface area contributed by atoms with Gasteiger partial charge in [-0.05, 0) is 43.0 Å². The lowest BCUT2D eigenvalue weighted by Crippen LogP contribution is -2.46. The number of carbonyl (C=O) groups excluding carboxylic acids is 2. The molecule has 0 radical (unpaired) electrons. The Bertz CT molecular complexity index is 575. The summed E-state index contributed by atoms with van der Waals surface area (Å²) in [5, 5.41) is 12.0. The van der Waals surface area contributed by atoms with E-state index in [0.717, 1.165) is 32.1 Å². The molecule has 1 aromatic carbocycles. The summed E-state index contributed by atoms with van der Waals surface area (Å²) in [4.78, 5) is 34.6. The number of nitrogens with one attached hydrogen (secondary N) is 1. The topological polar surface area (TPSA) is 92.7 Å². The van der Waals surface area contributed by atoms with Crippen molar-refractivity contribution in [2.24, 2.45) is 5.92 Å². The minimum absolute atomic E-state index is 0.0227. The van der Waals surface area contributed by atoms with Crippen molar-refractivity contribution in [3.63, 3.8) is 0 Å². The van der Waals surface area contributed by atoms with Crippen LogP contribution in [-0.4, -0.2) is 29.0 Å². The zero-order valence-electron chi connectivity index (χ0n) is 13.1. The first-order valence-electron chi connectivity index (χ1n) is 7.79. The first kappa shape index (κ1) is 17.0. The van der Waals surface area contributed by atoms with E-state index in [1.54, 1.807) is 0 Å². The fourth-order valence-corrected chi connectivity index (χ4v) is 2.91. The Hall–Kier alpha value is -2.37. The molecule has 1 aliphatic carbocycles. The van der Waals surface area contributed by atoms with Crippen LogP contribution in [-0.2, 0) is 9.59 Å². The average Bonchev–Trinajstić information content (AvgIpc) is 2.53. The number of aliphatic carboxylic acids is 1. The Morgan fingerprint density at radius 3 is 2.26 bits per heavy atom. The van der Waals surface area contributed by atoms with Crippen LogP contribution in [0.1, 0.15) is 49.4 Å². The number of carbonyl (C=O) groups is 3. The van der Waals surface area contributed by atoms with Crippen LogP contribution < -0.4 is 10.1 Å². The number of rotatable bonds is 5. The van der Waals surface area contributed by atoms with Gasteiger partial charge in [-0.1, -0.05) is 19.3 Å². The molecule has 124 valence electrons. The lowest BCUT2D eigenvalue weighted by Gasteiger charge is -2.28. The van der Waals surface area contributed by atoms with Crippen LogP contribution in [0, 0.1) is 5.92 Å². The molecule has 0 bridgehead atoms. The molecule has 1 aromatic rings. The van der Waals surface area contributed by atoms with Gasteiger partial charge in [-0.2, -0.15) is 0 Å². The molecular formula is C17H21NO5. The minimum Gasteiger partial charge on any atom is -0.480 e. The lowest BCUT2D eigenvalue weighted by atomic mass is 9.84. The third-order valence-electron chi connectivity index (χ3n) is 4.05. The van der Waals surface area contributed by atoms with E-state index in [1.165, 1.54) is 31.2 Å². The van der Waals surface area contributed by atoms with Gasteiger partial charge in [-0.15, -0.1) is 0 Å². The number of ether oxygens (including phenoxy) is 1. The van der Waals surface area contributed by atoms with E-state index in [2.05, 4.69) is 5.32 Å². The van der Waals surface area contributed by atoms with Crippen molar-refractivity contribution in [2.75, 3.05) is 0 Å². The van der Waals surface area contributed by atoms with Gasteiger partial charge in [0.25, 0.3) is 5.91 Å². The molecule has 23 heavy (non-hydrogen) atoms. The molecule has 1 saturated carbocycles. The summed E-state index contributed by atoms with van der Waals surface area (Å²) in [5.41, 5.74) is 0.336. The first-order valence-corrected chi connectivity index (χ1v) is 7.79. The highest BCUT2D eigenvalue weighted by Crippen LogP contribution is 2.27. The summed E-state index contributed by atoms with van der Waals surface area (Å²) >= 11 is 0. The summed E-state index contributed by atoms with van der Waals surface area (Å²) in [5.74, 6) is -1.55. The lowest BCUT2D eigenvalue weighted by molar-refractivity contribution is -0.141. The van der Waals surface area contributed by atoms with Gasteiger partial charge in [0, 0.05) is 12.5 Å². The normalized spacial score (nSPS) is 16.4. The second-order valence-corrected chi connectivity index (χ2v) is 5.81. The standard InChI is InChI=1S/C17H21NO5/c1-11(19)23-14-9-7-13(8-10-14)16(20)18-15(17(21)22)12-5-3-2-4-6-12/h7-10,12,15H,2-6H2,1H3,(H,18,20)(H,21,22)/t15-/m0/s1. The second kappa shape index (κ2) is 7.76. The van der Waals surface area contributed by atoms with Crippen molar-refractivity contribution < 1.29 is 24.2 Å². The van der Waals surface area contributed by atoms with E-state index in [0.29, 0.717) is 11.3 Å². The number of carboxylic acids is 1. The molecule has 2 N–H and O–H groups in total. The van der Waals surface area contributed by atoms with Crippen molar-refractivity contribution in [2.45, 2.75) is 45.1 Å². The monoisotopic (exact) mass is 319 g/mol. The van der Waals surface area contributed by atoms with Gasteiger partial charge < -0.3 is 15.2 Å². The van der Waals surface area contributed by atoms with Crippen LogP contribution in [0.3, 0.4) is 0 Å². The maximum absolute atomic E-state index is 12.3. The SMILES string of the molecule is CC(=O)Oc1ccc(C(=O)N[C@H](C(=O)O)C2CCCCC2)cc1. The Balaban J connectivity index is 2.03. The van der Waals surface area contributed by atoms with E-state index in [4.69, 9.17) is 4.74 Å². The van der Waals surface area contributed by atoms with Crippen LogP contribution in [0.4, 0.5) is 0 Å². The molecule has 2 rings (SSSR count). The highest BCUT2D eigenvalue weighted by Gasteiger charge is 2.30. The van der Waals surface area contributed by atoms with Crippen molar-refractivity contribution in [3.05, 3.63) is 29.8 Å². The molecule has 0 spiro atoms. The molecule has 1 amide bonds. The van der Waals surface area contributed by atoms with E-state index in [-0.39, 0.29) is 5.92 Å². The Kier molecular flexibility index (Phi) is 5.73. The maximum atomic E-state index is 12.3. The molecule has 6 heteroatoms. The van der Waals surface area contributed by atoms with Gasteiger partial charge in [0.15, 0.2) is 0 Å². The van der Waals surface area contributed by atoms with E-state index < -0.39 is 23.9 Å². The predicted octanol–water partition coefficient (Wildman–Crippen LogP) is 2.38. The van der Waals surface area contributed by atoms with Crippen LogP contribution in [0.15, 0.2) is 24.3 Å². The average molecular weight is 319 g/mol. The van der Waals surface area contributed by atoms with Crippen LogP contribution in [0.5, 0.6) is 5.75 Å². The molecule has 0 aliphatic heterocycles. The number of amides is 1. The first-order chi connectivity index (χ1) is 11.0. The quantitative estimate of drug-likeness (QED) is 0.642. The Labute approximate surface area is 134 Å². The number of hydrogen-bond donors (Lipinski definition) is 2. The number of hydrogen-bond acceptors (Lipinski definition) is 4. The second-order valence-electron chi connectivity index (χ2n) is 5.81. The van der Waals surface area contributed by atoms with Gasteiger partial charge in [0.2, 0.25) is 0 Å². The molecule has 0 heterocycles.